The predicted molar refractivity (Wildman–Crippen MR) is 284 cm³/mol. The largest absolute Gasteiger partial charge is 0.478 e. The van der Waals surface area contributed by atoms with Crippen LogP contribution >= 0.6 is 40.0 Å². The van der Waals surface area contributed by atoms with Gasteiger partial charge >= 0.3 is 17.9 Å². The standard InChI is InChI=1S/C21H18FNO4S.C20H16FNO4S.C14H11BrFNO2/c1-25-21(24)19-12-5-15(14-3-10-18(11-4-14)28-27-26-2)13-20(19)23-17-8-6-16(22)7-9-17;1-25-26-27-17-9-2-13(3-10-17)14-4-11-18(20(23)24)19(12-14)22-16-7-5-15(21)6-8-16;1-19-14(18)12-7-2-9(15)8-13(12)17-11-5-3-10(16)4-6-11/h3-13,23H,1-2H3;2-12,22H,1H3,(H,23,24);2-8,17H,1H3. The summed E-state index contributed by atoms with van der Waals surface area (Å²) in [7, 11) is 5.53. The summed E-state index contributed by atoms with van der Waals surface area (Å²) in [6.07, 6.45) is 0. The molecule has 0 aromatic heterocycles. The van der Waals surface area contributed by atoms with E-state index in [0.29, 0.717) is 45.3 Å². The third-order valence-electron chi connectivity index (χ3n) is 10.2. The predicted octanol–water partition coefficient (Wildman–Crippen LogP) is 15.2. The number of rotatable bonds is 17. The first-order chi connectivity index (χ1) is 35.8. The van der Waals surface area contributed by atoms with Crippen molar-refractivity contribution in [2.24, 2.45) is 0 Å². The number of methoxy groups -OCH3 is 2. The van der Waals surface area contributed by atoms with Crippen molar-refractivity contribution in [1.82, 2.24) is 0 Å². The van der Waals surface area contributed by atoms with Crippen LogP contribution in [0, 0.1) is 17.5 Å². The molecule has 0 atom stereocenters. The second kappa shape index (κ2) is 28.0. The van der Waals surface area contributed by atoms with Gasteiger partial charge in [0.1, 0.15) is 17.5 Å². The average molecular weight is 1110 g/mol. The molecule has 0 aliphatic rings. The Bertz CT molecular complexity index is 3140. The maximum Gasteiger partial charge on any atom is 0.339 e. The van der Waals surface area contributed by atoms with Crippen molar-refractivity contribution in [3.8, 4) is 22.3 Å². The van der Waals surface area contributed by atoms with E-state index in [2.05, 4.69) is 41.7 Å². The lowest BCUT2D eigenvalue weighted by molar-refractivity contribution is -0.160. The summed E-state index contributed by atoms with van der Waals surface area (Å²) < 4.78 is 59.2. The number of carboxylic acids is 1. The number of esters is 2. The minimum absolute atomic E-state index is 0.128. The maximum atomic E-state index is 13.2. The Morgan fingerprint density at radius 2 is 0.757 bits per heavy atom. The summed E-state index contributed by atoms with van der Waals surface area (Å²) in [6.45, 7) is 0. The van der Waals surface area contributed by atoms with Gasteiger partial charge in [-0.15, -0.1) is 0 Å². The van der Waals surface area contributed by atoms with Crippen molar-refractivity contribution in [2.75, 3.05) is 44.4 Å². The molecule has 0 heterocycles. The van der Waals surface area contributed by atoms with Crippen LogP contribution in [0.15, 0.2) is 190 Å². The molecule has 19 heteroatoms. The number of hydrogen-bond donors (Lipinski definition) is 4. The van der Waals surface area contributed by atoms with Gasteiger partial charge in [0.25, 0.3) is 0 Å². The molecule has 0 bridgehead atoms. The fraction of sp³-hybridized carbons (Fsp3) is 0.0727. The number of carbonyl (C=O) groups excluding carboxylic acids is 2. The summed E-state index contributed by atoms with van der Waals surface area (Å²) in [4.78, 5) is 46.2. The normalized spacial score (nSPS) is 10.4. The van der Waals surface area contributed by atoms with Gasteiger partial charge in [-0.1, -0.05) is 52.3 Å². The van der Waals surface area contributed by atoms with E-state index in [1.165, 1.54) is 64.8 Å². The summed E-state index contributed by atoms with van der Waals surface area (Å²) in [5.41, 5.74) is 8.07. The Morgan fingerprint density at radius 3 is 1.11 bits per heavy atom. The van der Waals surface area contributed by atoms with Crippen LogP contribution in [-0.4, -0.2) is 51.5 Å². The summed E-state index contributed by atoms with van der Waals surface area (Å²) >= 11 is 5.55. The van der Waals surface area contributed by atoms with E-state index in [0.717, 1.165) is 60.6 Å². The zero-order valence-corrected chi connectivity index (χ0v) is 42.9. The molecule has 0 saturated carbocycles. The number of ether oxygens (including phenoxy) is 2. The summed E-state index contributed by atoms with van der Waals surface area (Å²) in [6, 6.07) is 48.3. The molecule has 8 aromatic carbocycles. The van der Waals surface area contributed by atoms with E-state index < -0.39 is 17.9 Å². The molecule has 0 saturated heterocycles. The van der Waals surface area contributed by atoms with E-state index in [1.54, 1.807) is 78.9 Å². The van der Waals surface area contributed by atoms with Crippen molar-refractivity contribution in [1.29, 1.82) is 0 Å². The molecule has 0 radical (unpaired) electrons. The lowest BCUT2D eigenvalue weighted by Gasteiger charge is -2.13. The molecule has 8 aromatic rings. The average Bonchev–Trinajstić information content (AvgIpc) is 3.42. The Balaban J connectivity index is 0.000000184. The molecule has 0 fully saturated rings. The molecule has 74 heavy (non-hydrogen) atoms. The first-order valence-electron chi connectivity index (χ1n) is 21.8. The highest BCUT2D eigenvalue weighted by molar-refractivity contribution is 9.10. The van der Waals surface area contributed by atoms with Gasteiger partial charge in [-0.25, -0.2) is 37.3 Å². The number of hydrogen-bond acceptors (Lipinski definition) is 14. The Morgan fingerprint density at radius 1 is 0.432 bits per heavy atom. The Kier molecular flexibility index (Phi) is 21.1. The van der Waals surface area contributed by atoms with Crippen LogP contribution in [0.4, 0.5) is 47.3 Å². The third kappa shape index (κ3) is 16.5. The molecule has 4 N–H and O–H groups in total. The van der Waals surface area contributed by atoms with Gasteiger partial charge in [-0.2, -0.15) is 8.67 Å². The smallest absolute Gasteiger partial charge is 0.339 e. The molecular formula is C55H45BrF3N3O10S2. The zero-order valence-electron chi connectivity index (χ0n) is 39.7. The summed E-state index contributed by atoms with van der Waals surface area (Å²) in [5.74, 6) is -2.94. The van der Waals surface area contributed by atoms with Crippen molar-refractivity contribution in [3.63, 3.8) is 0 Å². The molecule has 13 nitrogen and oxygen atoms in total. The van der Waals surface area contributed by atoms with Gasteiger partial charge < -0.3 is 30.5 Å². The molecule has 0 spiro atoms. The van der Waals surface area contributed by atoms with Crippen LogP contribution < -0.4 is 16.0 Å². The second-order valence-corrected chi connectivity index (χ2v) is 17.5. The Hall–Kier alpha value is -7.62. The minimum atomic E-state index is -1.05. The minimum Gasteiger partial charge on any atom is -0.478 e. The monoisotopic (exact) mass is 1110 g/mol. The van der Waals surface area contributed by atoms with Crippen LogP contribution in [0.1, 0.15) is 31.1 Å². The molecule has 0 aliphatic heterocycles. The lowest BCUT2D eigenvalue weighted by atomic mass is 10.0. The van der Waals surface area contributed by atoms with Gasteiger partial charge in [0.15, 0.2) is 0 Å². The molecule has 0 unspecified atom stereocenters. The molecule has 8 rings (SSSR count). The van der Waals surface area contributed by atoms with E-state index in [1.807, 2.05) is 60.7 Å². The number of benzene rings is 8. The number of carbonyl (C=O) groups is 3. The maximum absolute atomic E-state index is 13.2. The van der Waals surface area contributed by atoms with Crippen LogP contribution in [0.3, 0.4) is 0 Å². The molecule has 380 valence electrons. The quantitative estimate of drug-likeness (QED) is 0.0295. The highest BCUT2D eigenvalue weighted by Crippen LogP contribution is 2.33. The van der Waals surface area contributed by atoms with Crippen LogP contribution in [0.5, 0.6) is 0 Å². The number of aromatic carboxylic acids is 1. The van der Waals surface area contributed by atoms with Crippen LogP contribution in [-0.2, 0) is 27.9 Å². The Labute approximate surface area is 441 Å². The summed E-state index contributed by atoms with van der Waals surface area (Å²) in [5, 5.41) is 18.7. The van der Waals surface area contributed by atoms with Gasteiger partial charge in [0.2, 0.25) is 0 Å². The fourth-order valence-electron chi connectivity index (χ4n) is 6.66. The molecular weight excluding hydrogens is 1060 g/mol. The third-order valence-corrected chi connectivity index (χ3v) is 12.0. The van der Waals surface area contributed by atoms with Crippen LogP contribution in [0.25, 0.3) is 22.3 Å². The first kappa shape index (κ1) is 55.7. The van der Waals surface area contributed by atoms with Gasteiger partial charge in [-0.3, -0.25) is 0 Å². The number of anilines is 6. The lowest BCUT2D eigenvalue weighted by Crippen LogP contribution is -2.06. The fourth-order valence-corrected chi connectivity index (χ4v) is 7.80. The van der Waals surface area contributed by atoms with Gasteiger partial charge in [-0.05, 0) is 162 Å². The van der Waals surface area contributed by atoms with Crippen LogP contribution in [0.2, 0.25) is 0 Å². The highest BCUT2D eigenvalue weighted by atomic mass is 79.9. The zero-order chi connectivity index (χ0) is 53.0. The number of nitrogens with one attached hydrogen (secondary N) is 3. The van der Waals surface area contributed by atoms with E-state index >= 15 is 0 Å². The van der Waals surface area contributed by atoms with Crippen molar-refractivity contribution in [2.45, 2.75) is 9.79 Å². The molecule has 0 aliphatic carbocycles. The van der Waals surface area contributed by atoms with Gasteiger partial charge in [0.05, 0.1) is 86.3 Å². The number of carboxylic acid groups (broad SMARTS) is 1. The van der Waals surface area contributed by atoms with Gasteiger partial charge in [0, 0.05) is 31.3 Å². The van der Waals surface area contributed by atoms with E-state index in [9.17, 15) is 32.7 Å². The number of halogens is 4. The van der Waals surface area contributed by atoms with Crippen molar-refractivity contribution < 1.29 is 60.6 Å². The molecule has 0 amide bonds. The van der Waals surface area contributed by atoms with E-state index in [4.69, 9.17) is 18.1 Å². The van der Waals surface area contributed by atoms with Crippen molar-refractivity contribution in [3.05, 3.63) is 215 Å². The van der Waals surface area contributed by atoms with E-state index in [-0.39, 0.29) is 23.0 Å². The topological polar surface area (TPSA) is 163 Å². The highest BCUT2D eigenvalue weighted by Gasteiger charge is 2.16. The second-order valence-electron chi connectivity index (χ2n) is 15.1. The van der Waals surface area contributed by atoms with Crippen molar-refractivity contribution >= 4 is 92.0 Å². The SMILES string of the molecule is COC(=O)c1ccc(Br)cc1Nc1ccc(F)cc1.COOSc1ccc(-c2ccc(C(=O)O)c(Nc3ccc(F)cc3)c2)cc1.COOSc1ccc(-c2ccc(C(=O)OC)c(Nc3ccc(F)cc3)c2)cc1. The first-order valence-corrected chi connectivity index (χ1v) is 24.1.